The molecular weight excluding hydrogens is 162 g/mol. The highest BCUT2D eigenvalue weighted by atomic mass is 15.1. The number of nitrogens with two attached hydrogens (primary N) is 2. The molecule has 1 aromatic carbocycles. The average Bonchev–Trinajstić information content (AvgIpc) is 2.21. The summed E-state index contributed by atoms with van der Waals surface area (Å²) < 4.78 is 0. The maximum absolute atomic E-state index is 5.47. The largest absolute Gasteiger partial charge is 0.382 e. The van der Waals surface area contributed by atoms with Crippen LogP contribution in [0.2, 0.25) is 0 Å². The Balaban J connectivity index is 0.000000671. The normalized spacial score (nSPS) is 10.2. The highest BCUT2D eigenvalue weighted by molar-refractivity contribution is 5.97. The van der Waals surface area contributed by atoms with E-state index in [1.807, 2.05) is 45.0 Å². The quantitative estimate of drug-likeness (QED) is 0.297. The van der Waals surface area contributed by atoms with Crippen molar-refractivity contribution in [3.05, 3.63) is 35.4 Å². The molecular formula is C10H17N3. The fraction of sp³-hybridized carbons (Fsp3) is 0.300. The molecule has 4 N–H and O–H groups in total. The standard InChI is InChI=1S/C8H11N3.C2H6/c1-6-2-4-7(5-3-6)8(9)11-10;1-2/h2-5H,10H2,1H3,(H2,9,11);1-2H3. The summed E-state index contributed by atoms with van der Waals surface area (Å²) >= 11 is 0. The summed E-state index contributed by atoms with van der Waals surface area (Å²) in [6.45, 7) is 6.01. The summed E-state index contributed by atoms with van der Waals surface area (Å²) in [6.07, 6.45) is 0. The van der Waals surface area contributed by atoms with E-state index in [0.29, 0.717) is 5.84 Å². The van der Waals surface area contributed by atoms with Crippen LogP contribution in [0, 0.1) is 6.92 Å². The number of benzene rings is 1. The van der Waals surface area contributed by atoms with Crippen molar-refractivity contribution in [2.24, 2.45) is 16.7 Å². The third-order valence-corrected chi connectivity index (χ3v) is 1.49. The summed E-state index contributed by atoms with van der Waals surface area (Å²) in [5.74, 6) is 5.37. The highest BCUT2D eigenvalue weighted by Crippen LogP contribution is 2.01. The molecule has 13 heavy (non-hydrogen) atoms. The first-order valence-corrected chi connectivity index (χ1v) is 4.34. The molecule has 0 aliphatic carbocycles. The van der Waals surface area contributed by atoms with E-state index in [0.717, 1.165) is 5.56 Å². The molecule has 0 fully saturated rings. The second-order valence-corrected chi connectivity index (χ2v) is 2.38. The number of nitrogens with zero attached hydrogens (tertiary/aromatic N) is 1. The Morgan fingerprint density at radius 3 is 2.00 bits per heavy atom. The number of amidine groups is 1. The van der Waals surface area contributed by atoms with Gasteiger partial charge >= 0.3 is 0 Å². The van der Waals surface area contributed by atoms with Crippen molar-refractivity contribution in [3.63, 3.8) is 0 Å². The van der Waals surface area contributed by atoms with Gasteiger partial charge in [-0.25, -0.2) is 0 Å². The lowest BCUT2D eigenvalue weighted by Crippen LogP contribution is -2.15. The van der Waals surface area contributed by atoms with Gasteiger partial charge in [0.05, 0.1) is 0 Å². The van der Waals surface area contributed by atoms with Crippen LogP contribution in [0.15, 0.2) is 29.4 Å². The monoisotopic (exact) mass is 179 g/mol. The molecule has 0 aliphatic heterocycles. The van der Waals surface area contributed by atoms with Crippen LogP contribution in [0.1, 0.15) is 25.0 Å². The van der Waals surface area contributed by atoms with Gasteiger partial charge in [-0.2, -0.15) is 5.10 Å². The van der Waals surface area contributed by atoms with E-state index in [1.54, 1.807) is 0 Å². The molecule has 1 rings (SSSR count). The Morgan fingerprint density at radius 2 is 1.62 bits per heavy atom. The SMILES string of the molecule is CC.Cc1ccc(/C(N)=N/N)cc1. The van der Waals surface area contributed by atoms with Gasteiger partial charge in [0.15, 0.2) is 0 Å². The first kappa shape index (κ1) is 11.5. The molecule has 0 unspecified atom stereocenters. The molecule has 3 nitrogen and oxygen atoms in total. The van der Waals surface area contributed by atoms with Crippen LogP contribution in [0.5, 0.6) is 0 Å². The Hall–Kier alpha value is -1.51. The fourth-order valence-electron chi connectivity index (χ4n) is 0.799. The van der Waals surface area contributed by atoms with Crippen LogP contribution in [0.25, 0.3) is 0 Å². The molecule has 0 saturated heterocycles. The Bertz CT molecular complexity index is 262. The lowest BCUT2D eigenvalue weighted by molar-refractivity contribution is 1.23. The number of aryl methyl sites for hydroxylation is 1. The van der Waals surface area contributed by atoms with Crippen molar-refractivity contribution < 1.29 is 0 Å². The third kappa shape index (κ3) is 3.60. The maximum atomic E-state index is 5.47. The number of hydrogen-bond donors (Lipinski definition) is 2. The summed E-state index contributed by atoms with van der Waals surface area (Å²) in [7, 11) is 0. The van der Waals surface area contributed by atoms with Crippen molar-refractivity contribution >= 4 is 5.84 Å². The van der Waals surface area contributed by atoms with Gasteiger partial charge in [-0.15, -0.1) is 0 Å². The van der Waals surface area contributed by atoms with Crippen molar-refractivity contribution in [2.45, 2.75) is 20.8 Å². The Morgan fingerprint density at radius 1 is 1.15 bits per heavy atom. The lowest BCUT2D eigenvalue weighted by Gasteiger charge is -1.98. The molecule has 72 valence electrons. The Labute approximate surface area is 79.4 Å². The maximum Gasteiger partial charge on any atom is 0.150 e. The van der Waals surface area contributed by atoms with E-state index in [-0.39, 0.29) is 0 Å². The average molecular weight is 179 g/mol. The van der Waals surface area contributed by atoms with Crippen LogP contribution in [-0.2, 0) is 0 Å². The van der Waals surface area contributed by atoms with Crippen molar-refractivity contribution in [2.75, 3.05) is 0 Å². The van der Waals surface area contributed by atoms with Gasteiger partial charge in [0.25, 0.3) is 0 Å². The van der Waals surface area contributed by atoms with Gasteiger partial charge in [0.1, 0.15) is 5.84 Å². The third-order valence-electron chi connectivity index (χ3n) is 1.49. The molecule has 3 heteroatoms. The summed E-state index contributed by atoms with van der Waals surface area (Å²) in [6, 6.07) is 7.71. The molecule has 0 aliphatic rings. The Kier molecular flexibility index (Phi) is 5.35. The van der Waals surface area contributed by atoms with Crippen LogP contribution in [0.4, 0.5) is 0 Å². The molecule has 0 spiro atoms. The minimum atomic E-state index is 0.366. The van der Waals surface area contributed by atoms with Gasteiger partial charge in [-0.05, 0) is 6.92 Å². The minimum Gasteiger partial charge on any atom is -0.382 e. The number of rotatable bonds is 1. The van der Waals surface area contributed by atoms with Crippen LogP contribution in [-0.4, -0.2) is 5.84 Å². The van der Waals surface area contributed by atoms with Crippen LogP contribution < -0.4 is 11.6 Å². The summed E-state index contributed by atoms with van der Waals surface area (Å²) in [5, 5.41) is 3.38. The zero-order valence-corrected chi connectivity index (χ0v) is 8.41. The van der Waals surface area contributed by atoms with Crippen molar-refractivity contribution in [1.29, 1.82) is 0 Å². The molecule has 0 aromatic heterocycles. The molecule has 0 radical (unpaired) electrons. The fourth-order valence-corrected chi connectivity index (χ4v) is 0.799. The smallest absolute Gasteiger partial charge is 0.150 e. The van der Waals surface area contributed by atoms with E-state index in [9.17, 15) is 0 Å². The zero-order valence-electron chi connectivity index (χ0n) is 8.41. The molecule has 0 atom stereocenters. The molecule has 0 saturated carbocycles. The van der Waals surface area contributed by atoms with Crippen molar-refractivity contribution in [3.8, 4) is 0 Å². The van der Waals surface area contributed by atoms with Gasteiger partial charge in [0, 0.05) is 5.56 Å². The number of hydrogen-bond acceptors (Lipinski definition) is 2. The topological polar surface area (TPSA) is 64.4 Å². The molecule has 0 bridgehead atoms. The van der Waals surface area contributed by atoms with Crippen LogP contribution in [0.3, 0.4) is 0 Å². The second-order valence-electron chi connectivity index (χ2n) is 2.38. The number of hydrazone groups is 1. The minimum absolute atomic E-state index is 0.366. The summed E-state index contributed by atoms with van der Waals surface area (Å²) in [5.41, 5.74) is 7.52. The van der Waals surface area contributed by atoms with E-state index in [2.05, 4.69) is 5.10 Å². The van der Waals surface area contributed by atoms with Crippen LogP contribution >= 0.6 is 0 Å². The van der Waals surface area contributed by atoms with E-state index in [4.69, 9.17) is 11.6 Å². The van der Waals surface area contributed by atoms with E-state index >= 15 is 0 Å². The van der Waals surface area contributed by atoms with Gasteiger partial charge in [0.2, 0.25) is 0 Å². The van der Waals surface area contributed by atoms with Gasteiger partial charge in [-0.1, -0.05) is 43.7 Å². The van der Waals surface area contributed by atoms with Gasteiger partial charge in [-0.3, -0.25) is 0 Å². The lowest BCUT2D eigenvalue weighted by atomic mass is 10.1. The first-order chi connectivity index (χ1) is 6.24. The second kappa shape index (κ2) is 6.06. The van der Waals surface area contributed by atoms with Crippen molar-refractivity contribution in [1.82, 2.24) is 0 Å². The first-order valence-electron chi connectivity index (χ1n) is 4.34. The zero-order chi connectivity index (χ0) is 10.3. The summed E-state index contributed by atoms with van der Waals surface area (Å²) in [4.78, 5) is 0. The predicted molar refractivity (Wildman–Crippen MR) is 57.4 cm³/mol. The molecule has 1 aromatic rings. The highest BCUT2D eigenvalue weighted by Gasteiger charge is 1.94. The molecule has 0 amide bonds. The molecule has 0 heterocycles. The van der Waals surface area contributed by atoms with E-state index in [1.165, 1.54) is 5.56 Å². The van der Waals surface area contributed by atoms with E-state index < -0.39 is 0 Å². The van der Waals surface area contributed by atoms with Gasteiger partial charge < -0.3 is 11.6 Å². The predicted octanol–water partition coefficient (Wildman–Crippen LogP) is 1.60.